The Bertz CT molecular complexity index is 630. The average molecular weight is 312 g/mol. The molecular formula is C14H15ClFN3O2. The van der Waals surface area contributed by atoms with Gasteiger partial charge in [-0.2, -0.15) is 0 Å². The van der Waals surface area contributed by atoms with Crippen LogP contribution in [0.2, 0.25) is 5.02 Å². The number of carboxylic acids is 1. The van der Waals surface area contributed by atoms with Gasteiger partial charge in [0, 0.05) is 12.6 Å². The maximum atomic E-state index is 13.3. The highest BCUT2D eigenvalue weighted by atomic mass is 35.5. The Morgan fingerprint density at radius 2 is 2.19 bits per heavy atom. The number of halogens is 2. The number of unbranched alkanes of at least 4 members (excludes halogenated alkanes) is 1. The number of carbonyl (C=O) groups is 1. The molecule has 0 saturated heterocycles. The third kappa shape index (κ3) is 4.82. The van der Waals surface area contributed by atoms with E-state index in [1.807, 2.05) is 0 Å². The molecule has 0 amide bonds. The summed E-state index contributed by atoms with van der Waals surface area (Å²) in [6.07, 6.45) is 4.00. The summed E-state index contributed by atoms with van der Waals surface area (Å²) >= 11 is 5.63. The summed E-state index contributed by atoms with van der Waals surface area (Å²) in [5.74, 6) is -1.24. The van der Waals surface area contributed by atoms with Gasteiger partial charge in [0.1, 0.15) is 5.82 Å². The lowest BCUT2D eigenvalue weighted by atomic mass is 10.1. The van der Waals surface area contributed by atoms with Gasteiger partial charge in [-0.05, 0) is 37.0 Å². The Hall–Kier alpha value is -1.95. The van der Waals surface area contributed by atoms with E-state index < -0.39 is 11.8 Å². The number of hydrogen-bond acceptors (Lipinski definition) is 3. The lowest BCUT2D eigenvalue weighted by Gasteiger charge is -2.02. The van der Waals surface area contributed by atoms with Gasteiger partial charge in [0.15, 0.2) is 0 Å². The van der Waals surface area contributed by atoms with Crippen molar-refractivity contribution in [3.63, 3.8) is 0 Å². The molecule has 2 rings (SSSR count). The maximum absolute atomic E-state index is 13.3. The van der Waals surface area contributed by atoms with Crippen LogP contribution in [-0.2, 0) is 17.8 Å². The van der Waals surface area contributed by atoms with Gasteiger partial charge in [0.2, 0.25) is 0 Å². The van der Waals surface area contributed by atoms with Gasteiger partial charge in [-0.3, -0.25) is 4.79 Å². The molecule has 1 aromatic heterocycles. The highest BCUT2D eigenvalue weighted by Gasteiger charge is 2.05. The summed E-state index contributed by atoms with van der Waals surface area (Å²) in [6.45, 7) is 0.413. The summed E-state index contributed by atoms with van der Waals surface area (Å²) in [5, 5.41) is 16.6. The molecule has 0 spiro atoms. The number of rotatable bonds is 7. The Morgan fingerprint density at radius 1 is 1.38 bits per heavy atom. The summed E-state index contributed by atoms with van der Waals surface area (Å²) in [6, 6.07) is 4.62. The van der Waals surface area contributed by atoms with Crippen molar-refractivity contribution < 1.29 is 14.3 Å². The molecule has 0 aliphatic heterocycles. The first-order chi connectivity index (χ1) is 10.0. The normalized spacial score (nSPS) is 10.8. The minimum Gasteiger partial charge on any atom is -0.481 e. The number of aryl methyl sites for hydroxylation is 1. The molecule has 0 saturated carbocycles. The molecule has 0 bridgehead atoms. The number of hydrogen-bond donors (Lipinski definition) is 1. The largest absolute Gasteiger partial charge is 0.481 e. The van der Waals surface area contributed by atoms with Crippen LogP contribution in [-0.4, -0.2) is 26.1 Å². The molecule has 2 aromatic rings. The van der Waals surface area contributed by atoms with Crippen molar-refractivity contribution in [2.24, 2.45) is 0 Å². The summed E-state index contributed by atoms with van der Waals surface area (Å²) in [4.78, 5) is 10.4. The molecule has 1 heterocycles. The molecule has 21 heavy (non-hydrogen) atoms. The number of aromatic nitrogens is 3. The Kier molecular flexibility index (Phi) is 5.27. The highest BCUT2D eigenvalue weighted by Crippen LogP contribution is 2.16. The summed E-state index contributed by atoms with van der Waals surface area (Å²) in [5.41, 5.74) is 1.55. The van der Waals surface area contributed by atoms with E-state index in [2.05, 4.69) is 10.3 Å². The minimum absolute atomic E-state index is 0.0939. The number of aliphatic carboxylic acids is 1. The molecule has 5 nitrogen and oxygen atoms in total. The predicted octanol–water partition coefficient (Wildman–Crippen LogP) is 2.92. The molecule has 1 N–H and O–H groups in total. The first-order valence-corrected chi connectivity index (χ1v) is 6.97. The van der Waals surface area contributed by atoms with E-state index >= 15 is 0 Å². The lowest BCUT2D eigenvalue weighted by Crippen LogP contribution is -2.00. The van der Waals surface area contributed by atoms with E-state index in [1.54, 1.807) is 16.9 Å². The molecule has 0 fully saturated rings. The van der Waals surface area contributed by atoms with Crippen LogP contribution in [0, 0.1) is 5.82 Å². The fraction of sp³-hybridized carbons (Fsp3) is 0.357. The molecule has 0 atom stereocenters. The van der Waals surface area contributed by atoms with Gasteiger partial charge in [-0.1, -0.05) is 22.9 Å². The van der Waals surface area contributed by atoms with Crippen LogP contribution in [0.1, 0.15) is 30.5 Å². The van der Waals surface area contributed by atoms with Crippen molar-refractivity contribution in [1.82, 2.24) is 15.0 Å². The number of carboxylic acid groups (broad SMARTS) is 1. The van der Waals surface area contributed by atoms with Gasteiger partial charge in [0.25, 0.3) is 0 Å². The SMILES string of the molecule is O=C(O)CCCCc1cn(Cc2ccc(Cl)c(F)c2)nn1. The van der Waals surface area contributed by atoms with E-state index in [9.17, 15) is 9.18 Å². The quantitative estimate of drug-likeness (QED) is 0.798. The highest BCUT2D eigenvalue weighted by molar-refractivity contribution is 6.30. The third-order valence-corrected chi connectivity index (χ3v) is 3.29. The van der Waals surface area contributed by atoms with E-state index in [-0.39, 0.29) is 11.4 Å². The van der Waals surface area contributed by atoms with Gasteiger partial charge in [-0.15, -0.1) is 5.10 Å². The van der Waals surface area contributed by atoms with Crippen LogP contribution in [0.25, 0.3) is 0 Å². The van der Waals surface area contributed by atoms with Crippen LogP contribution >= 0.6 is 11.6 Å². The maximum Gasteiger partial charge on any atom is 0.303 e. The molecule has 0 aliphatic carbocycles. The second-order valence-electron chi connectivity index (χ2n) is 4.76. The average Bonchev–Trinajstić information content (AvgIpc) is 2.86. The van der Waals surface area contributed by atoms with Crippen LogP contribution in [0.3, 0.4) is 0 Å². The van der Waals surface area contributed by atoms with Gasteiger partial charge >= 0.3 is 5.97 Å². The molecular weight excluding hydrogens is 297 g/mol. The first kappa shape index (κ1) is 15.4. The van der Waals surface area contributed by atoms with Gasteiger partial charge in [0.05, 0.1) is 17.3 Å². The van der Waals surface area contributed by atoms with Crippen molar-refractivity contribution in [3.05, 3.63) is 46.5 Å². The van der Waals surface area contributed by atoms with Gasteiger partial charge in [-0.25, -0.2) is 9.07 Å². The zero-order chi connectivity index (χ0) is 15.2. The van der Waals surface area contributed by atoms with Crippen molar-refractivity contribution >= 4 is 17.6 Å². The monoisotopic (exact) mass is 311 g/mol. The zero-order valence-corrected chi connectivity index (χ0v) is 12.1. The van der Waals surface area contributed by atoms with E-state index in [4.69, 9.17) is 16.7 Å². The Balaban J connectivity index is 1.87. The van der Waals surface area contributed by atoms with E-state index in [1.165, 1.54) is 12.1 Å². The molecule has 0 unspecified atom stereocenters. The zero-order valence-electron chi connectivity index (χ0n) is 11.3. The van der Waals surface area contributed by atoms with Crippen LogP contribution < -0.4 is 0 Å². The molecule has 1 aromatic carbocycles. The van der Waals surface area contributed by atoms with Crippen molar-refractivity contribution in [2.45, 2.75) is 32.2 Å². The fourth-order valence-electron chi connectivity index (χ4n) is 1.94. The van der Waals surface area contributed by atoms with Crippen molar-refractivity contribution in [1.29, 1.82) is 0 Å². The Morgan fingerprint density at radius 3 is 2.90 bits per heavy atom. The van der Waals surface area contributed by atoms with Crippen LogP contribution in [0.5, 0.6) is 0 Å². The number of benzene rings is 1. The van der Waals surface area contributed by atoms with E-state index in [0.717, 1.165) is 17.7 Å². The number of nitrogens with zero attached hydrogens (tertiary/aromatic N) is 3. The van der Waals surface area contributed by atoms with E-state index in [0.29, 0.717) is 19.4 Å². The summed E-state index contributed by atoms with van der Waals surface area (Å²) in [7, 11) is 0. The second kappa shape index (κ2) is 7.17. The predicted molar refractivity (Wildman–Crippen MR) is 75.7 cm³/mol. The molecule has 0 aliphatic rings. The third-order valence-electron chi connectivity index (χ3n) is 2.99. The molecule has 7 heteroatoms. The molecule has 112 valence electrons. The first-order valence-electron chi connectivity index (χ1n) is 6.59. The molecule has 0 radical (unpaired) electrons. The van der Waals surface area contributed by atoms with Crippen LogP contribution in [0.4, 0.5) is 4.39 Å². The fourth-order valence-corrected chi connectivity index (χ4v) is 2.06. The standard InChI is InChI=1S/C14H15ClFN3O2/c15-12-6-5-10(7-13(12)16)8-19-9-11(17-18-19)3-1-2-4-14(20)21/h5-7,9H,1-4,8H2,(H,20,21). The minimum atomic E-state index is -0.789. The lowest BCUT2D eigenvalue weighted by molar-refractivity contribution is -0.137. The topological polar surface area (TPSA) is 68.0 Å². The van der Waals surface area contributed by atoms with Crippen molar-refractivity contribution in [3.8, 4) is 0 Å². The second-order valence-corrected chi connectivity index (χ2v) is 5.16. The Labute approximate surface area is 126 Å². The van der Waals surface area contributed by atoms with Crippen molar-refractivity contribution in [2.75, 3.05) is 0 Å². The van der Waals surface area contributed by atoms with Crippen LogP contribution in [0.15, 0.2) is 24.4 Å². The summed E-state index contributed by atoms with van der Waals surface area (Å²) < 4.78 is 15.0. The van der Waals surface area contributed by atoms with Gasteiger partial charge < -0.3 is 5.11 Å². The smallest absolute Gasteiger partial charge is 0.303 e.